The van der Waals surface area contributed by atoms with Gasteiger partial charge in [0.15, 0.2) is 0 Å². The number of amides is 1. The van der Waals surface area contributed by atoms with Crippen LogP contribution in [0, 0.1) is 5.92 Å². The van der Waals surface area contributed by atoms with E-state index in [9.17, 15) is 4.79 Å². The molecule has 0 radical (unpaired) electrons. The molecule has 1 aliphatic rings. The molecule has 2 rings (SSSR count). The number of likely N-dealkylation sites (N-methyl/N-ethyl adjacent to an activating group) is 1. The van der Waals surface area contributed by atoms with E-state index >= 15 is 0 Å². The van der Waals surface area contributed by atoms with Crippen LogP contribution >= 0.6 is 0 Å². The van der Waals surface area contributed by atoms with Crippen LogP contribution < -0.4 is 11.1 Å². The Morgan fingerprint density at radius 1 is 1.52 bits per heavy atom. The van der Waals surface area contributed by atoms with E-state index in [4.69, 9.17) is 5.73 Å². The number of anilines is 1. The molecule has 2 atom stereocenters. The number of rotatable bonds is 5. The van der Waals surface area contributed by atoms with Crippen molar-refractivity contribution < 1.29 is 4.79 Å². The van der Waals surface area contributed by atoms with Crippen LogP contribution in [0.4, 0.5) is 5.82 Å². The number of hydrogen-bond acceptors (Lipinski definition) is 4. The lowest BCUT2D eigenvalue weighted by molar-refractivity contribution is 0.0881. The van der Waals surface area contributed by atoms with Crippen molar-refractivity contribution >= 4 is 11.7 Å². The van der Waals surface area contributed by atoms with Crippen LogP contribution in [0.2, 0.25) is 0 Å². The maximum absolute atomic E-state index is 11.0. The van der Waals surface area contributed by atoms with Crippen LogP contribution in [0.25, 0.3) is 0 Å². The van der Waals surface area contributed by atoms with Gasteiger partial charge in [-0.25, -0.2) is 4.98 Å². The zero-order valence-corrected chi connectivity index (χ0v) is 13.2. The van der Waals surface area contributed by atoms with E-state index in [-0.39, 0.29) is 5.54 Å². The summed E-state index contributed by atoms with van der Waals surface area (Å²) in [4.78, 5) is 17.7. The van der Waals surface area contributed by atoms with Gasteiger partial charge < -0.3 is 16.0 Å². The maximum Gasteiger partial charge on any atom is 0.250 e. The molecule has 0 aliphatic heterocycles. The molecule has 0 spiro atoms. The van der Waals surface area contributed by atoms with Crippen molar-refractivity contribution in [2.24, 2.45) is 11.7 Å². The highest BCUT2D eigenvalue weighted by Gasteiger charge is 2.36. The zero-order valence-electron chi connectivity index (χ0n) is 13.2. The van der Waals surface area contributed by atoms with Gasteiger partial charge in [-0.15, -0.1) is 0 Å². The predicted octanol–water partition coefficient (Wildman–Crippen LogP) is 2.10. The summed E-state index contributed by atoms with van der Waals surface area (Å²) in [6, 6.07) is 3.53. The molecule has 3 N–H and O–H groups in total. The van der Waals surface area contributed by atoms with Gasteiger partial charge in [-0.1, -0.05) is 19.8 Å². The normalized spacial score (nSPS) is 25.8. The van der Waals surface area contributed by atoms with E-state index in [1.165, 1.54) is 31.9 Å². The lowest BCUT2D eigenvalue weighted by Crippen LogP contribution is -2.52. The summed E-state index contributed by atoms with van der Waals surface area (Å²) >= 11 is 0. The third-order valence-corrected chi connectivity index (χ3v) is 4.66. The van der Waals surface area contributed by atoms with Gasteiger partial charge in [0.25, 0.3) is 0 Å². The van der Waals surface area contributed by atoms with Crippen molar-refractivity contribution in [1.29, 1.82) is 0 Å². The SMILES string of the molecule is CC1CCCC(CNc2ccc(C(N)=O)cn2)(N(C)C)C1. The van der Waals surface area contributed by atoms with Crippen LogP contribution in [0.1, 0.15) is 43.0 Å². The van der Waals surface area contributed by atoms with Crippen molar-refractivity contribution in [3.05, 3.63) is 23.9 Å². The second-order valence-corrected chi connectivity index (χ2v) is 6.47. The van der Waals surface area contributed by atoms with Crippen LogP contribution in [0.15, 0.2) is 18.3 Å². The van der Waals surface area contributed by atoms with E-state index in [0.717, 1.165) is 18.3 Å². The van der Waals surface area contributed by atoms with E-state index < -0.39 is 5.91 Å². The molecule has 2 unspecified atom stereocenters. The lowest BCUT2D eigenvalue weighted by atomic mass is 9.75. The number of pyridine rings is 1. The molecule has 1 saturated carbocycles. The molecule has 5 nitrogen and oxygen atoms in total. The summed E-state index contributed by atoms with van der Waals surface area (Å²) in [5.74, 6) is 1.10. The Kier molecular flexibility index (Phi) is 4.83. The first kappa shape index (κ1) is 15.8. The van der Waals surface area contributed by atoms with Gasteiger partial charge in [0, 0.05) is 18.3 Å². The summed E-state index contributed by atoms with van der Waals surface area (Å²) in [6.45, 7) is 3.20. The number of nitrogens with zero attached hydrogens (tertiary/aromatic N) is 2. The van der Waals surface area contributed by atoms with Gasteiger partial charge in [-0.05, 0) is 45.0 Å². The molecule has 1 amide bonds. The first-order valence-electron chi connectivity index (χ1n) is 7.60. The highest BCUT2D eigenvalue weighted by atomic mass is 16.1. The molecule has 21 heavy (non-hydrogen) atoms. The van der Waals surface area contributed by atoms with E-state index in [2.05, 4.69) is 36.2 Å². The Morgan fingerprint density at radius 3 is 2.81 bits per heavy atom. The second-order valence-electron chi connectivity index (χ2n) is 6.47. The molecule has 5 heteroatoms. The first-order chi connectivity index (χ1) is 9.93. The molecule has 1 aromatic heterocycles. The fraction of sp³-hybridized carbons (Fsp3) is 0.625. The molecule has 116 valence electrons. The van der Waals surface area contributed by atoms with Crippen molar-refractivity contribution in [2.45, 2.75) is 38.1 Å². The molecular formula is C16H26N4O. The van der Waals surface area contributed by atoms with Gasteiger partial charge in [0.2, 0.25) is 5.91 Å². The van der Waals surface area contributed by atoms with Crippen molar-refractivity contribution in [3.8, 4) is 0 Å². The summed E-state index contributed by atoms with van der Waals surface area (Å²) in [6.07, 6.45) is 6.52. The van der Waals surface area contributed by atoms with E-state index in [1.54, 1.807) is 6.07 Å². The monoisotopic (exact) mass is 290 g/mol. The lowest BCUT2D eigenvalue weighted by Gasteiger charge is -2.45. The zero-order chi connectivity index (χ0) is 15.5. The molecule has 0 saturated heterocycles. The first-order valence-corrected chi connectivity index (χ1v) is 7.60. The van der Waals surface area contributed by atoms with Crippen molar-refractivity contribution in [3.63, 3.8) is 0 Å². The number of carbonyl (C=O) groups excluding carboxylic acids is 1. The summed E-state index contributed by atoms with van der Waals surface area (Å²) in [5, 5.41) is 3.42. The van der Waals surface area contributed by atoms with Gasteiger partial charge in [-0.3, -0.25) is 4.79 Å². The van der Waals surface area contributed by atoms with Gasteiger partial charge in [0.05, 0.1) is 5.56 Å². The minimum atomic E-state index is -0.445. The minimum Gasteiger partial charge on any atom is -0.368 e. The number of nitrogens with one attached hydrogen (secondary N) is 1. The van der Waals surface area contributed by atoms with Crippen LogP contribution in [-0.2, 0) is 0 Å². The quantitative estimate of drug-likeness (QED) is 0.871. The smallest absolute Gasteiger partial charge is 0.250 e. The van der Waals surface area contributed by atoms with E-state index in [0.29, 0.717) is 5.56 Å². The molecule has 1 heterocycles. The van der Waals surface area contributed by atoms with Crippen molar-refractivity contribution in [2.75, 3.05) is 26.0 Å². The molecular weight excluding hydrogens is 264 g/mol. The largest absolute Gasteiger partial charge is 0.368 e. The summed E-state index contributed by atoms with van der Waals surface area (Å²) in [7, 11) is 4.31. The second kappa shape index (κ2) is 6.43. The summed E-state index contributed by atoms with van der Waals surface area (Å²) < 4.78 is 0. The fourth-order valence-electron chi connectivity index (χ4n) is 3.26. The number of aromatic nitrogens is 1. The third-order valence-electron chi connectivity index (χ3n) is 4.66. The molecule has 0 aromatic carbocycles. The third kappa shape index (κ3) is 3.73. The fourth-order valence-corrected chi connectivity index (χ4v) is 3.26. The van der Waals surface area contributed by atoms with Crippen LogP contribution in [0.5, 0.6) is 0 Å². The molecule has 0 bridgehead atoms. The molecule has 1 aliphatic carbocycles. The predicted molar refractivity (Wildman–Crippen MR) is 85.3 cm³/mol. The highest BCUT2D eigenvalue weighted by molar-refractivity contribution is 5.92. The van der Waals surface area contributed by atoms with Gasteiger partial charge >= 0.3 is 0 Å². The number of nitrogens with two attached hydrogens (primary N) is 1. The maximum atomic E-state index is 11.0. The average Bonchev–Trinajstić information content (AvgIpc) is 2.45. The number of hydrogen-bond donors (Lipinski definition) is 2. The Balaban J connectivity index is 2.03. The van der Waals surface area contributed by atoms with Crippen LogP contribution in [-0.4, -0.2) is 42.0 Å². The minimum absolute atomic E-state index is 0.182. The highest BCUT2D eigenvalue weighted by Crippen LogP contribution is 2.35. The standard InChI is InChI=1S/C16H26N4O/c1-12-5-4-8-16(9-12,20(2)3)11-19-14-7-6-13(10-18-14)15(17)21/h6-7,10,12H,4-5,8-9,11H2,1-3H3,(H2,17,21)(H,18,19). The topological polar surface area (TPSA) is 71.2 Å². The molecule has 1 fully saturated rings. The Hall–Kier alpha value is -1.62. The Morgan fingerprint density at radius 2 is 2.29 bits per heavy atom. The number of primary amides is 1. The number of carbonyl (C=O) groups is 1. The van der Waals surface area contributed by atoms with Crippen LogP contribution in [0.3, 0.4) is 0 Å². The molecule has 1 aromatic rings. The summed E-state index contributed by atoms with van der Waals surface area (Å²) in [5.41, 5.74) is 5.85. The Labute approximate surface area is 126 Å². The Bertz CT molecular complexity index is 486. The van der Waals surface area contributed by atoms with E-state index in [1.807, 2.05) is 6.07 Å². The van der Waals surface area contributed by atoms with Gasteiger partial charge in [-0.2, -0.15) is 0 Å². The van der Waals surface area contributed by atoms with Crippen molar-refractivity contribution in [1.82, 2.24) is 9.88 Å². The average molecular weight is 290 g/mol. The van der Waals surface area contributed by atoms with Gasteiger partial charge in [0.1, 0.15) is 5.82 Å².